The van der Waals surface area contributed by atoms with Crippen LogP contribution in [0.15, 0.2) is 60.0 Å². The van der Waals surface area contributed by atoms with Crippen molar-refractivity contribution in [2.24, 2.45) is 0 Å². The summed E-state index contributed by atoms with van der Waals surface area (Å²) in [5.74, 6) is 0.625. The molecule has 116 valence electrons. The third kappa shape index (κ3) is 3.15. The molecule has 1 aliphatic rings. The van der Waals surface area contributed by atoms with E-state index in [9.17, 15) is 5.26 Å². The van der Waals surface area contributed by atoms with Crippen LogP contribution in [0.1, 0.15) is 35.0 Å². The molecule has 24 heavy (non-hydrogen) atoms. The number of nitrogens with zero attached hydrogens (tertiary/aromatic N) is 2. The predicted octanol–water partition coefficient (Wildman–Crippen LogP) is 5.75. The monoisotopic (exact) mass is 328 g/mol. The first-order valence-corrected chi connectivity index (χ1v) is 8.94. The van der Waals surface area contributed by atoms with Gasteiger partial charge in [0.15, 0.2) is 0 Å². The van der Waals surface area contributed by atoms with Crippen molar-refractivity contribution in [2.75, 3.05) is 0 Å². The average Bonchev–Trinajstić information content (AvgIpc) is 3.38. The summed E-state index contributed by atoms with van der Waals surface area (Å²) in [5.41, 5.74) is 5.18. The maximum Gasteiger partial charge on any atom is 0.134 e. The Morgan fingerprint density at radius 2 is 1.75 bits per heavy atom. The van der Waals surface area contributed by atoms with E-state index < -0.39 is 0 Å². The lowest BCUT2D eigenvalue weighted by atomic mass is 10.0. The third-order valence-electron chi connectivity index (χ3n) is 4.20. The van der Waals surface area contributed by atoms with Crippen LogP contribution in [-0.4, -0.2) is 4.98 Å². The second-order valence-corrected chi connectivity index (χ2v) is 6.87. The Labute approximate surface area is 145 Å². The minimum Gasteiger partial charge on any atom is -0.240 e. The minimum atomic E-state index is 0.625. The van der Waals surface area contributed by atoms with Crippen molar-refractivity contribution in [3.63, 3.8) is 0 Å². The molecule has 0 amide bonds. The number of benzene rings is 2. The topological polar surface area (TPSA) is 36.7 Å². The van der Waals surface area contributed by atoms with E-state index in [0.717, 1.165) is 16.3 Å². The highest BCUT2D eigenvalue weighted by Gasteiger charge is 2.26. The van der Waals surface area contributed by atoms with E-state index in [1.54, 1.807) is 11.3 Å². The summed E-state index contributed by atoms with van der Waals surface area (Å²) in [4.78, 5) is 4.63. The molecule has 0 unspecified atom stereocenters. The summed E-state index contributed by atoms with van der Waals surface area (Å²) in [6.07, 6.45) is 4.38. The molecular formula is C21H16N2S. The molecule has 1 fully saturated rings. The normalized spacial score (nSPS) is 14.4. The quantitative estimate of drug-likeness (QED) is 0.572. The summed E-state index contributed by atoms with van der Waals surface area (Å²) >= 11 is 1.57. The van der Waals surface area contributed by atoms with Crippen molar-refractivity contribution in [3.8, 4) is 17.2 Å². The highest BCUT2D eigenvalue weighted by Crippen LogP contribution is 2.41. The van der Waals surface area contributed by atoms with Crippen LogP contribution >= 0.6 is 11.3 Å². The van der Waals surface area contributed by atoms with Crippen molar-refractivity contribution in [3.05, 3.63) is 76.2 Å². The maximum absolute atomic E-state index is 9.49. The molecule has 0 aliphatic heterocycles. The van der Waals surface area contributed by atoms with Crippen molar-refractivity contribution in [1.82, 2.24) is 4.98 Å². The molecular weight excluding hydrogens is 312 g/mol. The highest BCUT2D eigenvalue weighted by atomic mass is 32.1. The fourth-order valence-corrected chi connectivity index (χ4v) is 3.55. The van der Waals surface area contributed by atoms with E-state index in [2.05, 4.69) is 52.8 Å². The van der Waals surface area contributed by atoms with Gasteiger partial charge in [-0.25, -0.2) is 4.98 Å². The zero-order valence-corrected chi connectivity index (χ0v) is 14.0. The van der Waals surface area contributed by atoms with Crippen LogP contribution in [0.3, 0.4) is 0 Å². The Morgan fingerprint density at radius 1 is 1.04 bits per heavy atom. The molecule has 0 N–H and O–H groups in total. The first-order valence-electron chi connectivity index (χ1n) is 8.06. The van der Waals surface area contributed by atoms with Crippen LogP contribution in [0, 0.1) is 11.3 Å². The maximum atomic E-state index is 9.49. The van der Waals surface area contributed by atoms with Crippen molar-refractivity contribution in [2.45, 2.75) is 18.8 Å². The van der Waals surface area contributed by atoms with Gasteiger partial charge in [-0.2, -0.15) is 5.26 Å². The number of aromatic nitrogens is 1. The number of allylic oxidation sites excluding steroid dienone is 1. The molecule has 0 atom stereocenters. The van der Waals surface area contributed by atoms with Gasteiger partial charge < -0.3 is 0 Å². The molecule has 0 saturated heterocycles. The van der Waals surface area contributed by atoms with Crippen molar-refractivity contribution in [1.29, 1.82) is 5.26 Å². The van der Waals surface area contributed by atoms with Crippen molar-refractivity contribution < 1.29 is 0 Å². The Bertz CT molecular complexity index is 910. The second-order valence-electron chi connectivity index (χ2n) is 6.01. The zero-order valence-electron chi connectivity index (χ0n) is 13.1. The fraction of sp³-hybridized carbons (Fsp3) is 0.143. The van der Waals surface area contributed by atoms with Gasteiger partial charge in [-0.3, -0.25) is 0 Å². The standard InChI is InChI=1S/C21H16N2S/c22-13-19(21-23-20(14-24-21)18-10-11-18)12-15-6-8-17(9-7-15)16-4-2-1-3-5-16/h1-9,12,14,18H,10-11H2/b19-12-. The molecule has 0 spiro atoms. The summed E-state index contributed by atoms with van der Waals surface area (Å²) in [6, 6.07) is 20.9. The highest BCUT2D eigenvalue weighted by molar-refractivity contribution is 7.11. The van der Waals surface area contributed by atoms with Gasteiger partial charge >= 0.3 is 0 Å². The SMILES string of the molecule is N#C/C(=C/c1ccc(-c2ccccc2)cc1)c1nc(C2CC2)cs1. The van der Waals surface area contributed by atoms with E-state index in [4.69, 9.17) is 0 Å². The Hall–Kier alpha value is -2.70. The Kier molecular flexibility index (Phi) is 3.98. The molecule has 1 saturated carbocycles. The van der Waals surface area contributed by atoms with Crippen molar-refractivity contribution >= 4 is 23.0 Å². The van der Waals surface area contributed by atoms with Gasteiger partial charge in [0.2, 0.25) is 0 Å². The van der Waals surface area contributed by atoms with Gasteiger partial charge in [0.1, 0.15) is 11.1 Å². The fourth-order valence-electron chi connectivity index (χ4n) is 2.69. The Balaban J connectivity index is 1.59. The predicted molar refractivity (Wildman–Crippen MR) is 99.5 cm³/mol. The molecule has 1 aliphatic carbocycles. The Morgan fingerprint density at radius 3 is 2.42 bits per heavy atom. The van der Waals surface area contributed by atoms with Gasteiger partial charge in [0, 0.05) is 11.3 Å². The zero-order chi connectivity index (χ0) is 16.4. The van der Waals surface area contributed by atoms with Gasteiger partial charge in [-0.05, 0) is 35.6 Å². The molecule has 1 aromatic heterocycles. The van der Waals surface area contributed by atoms with E-state index in [0.29, 0.717) is 11.5 Å². The van der Waals surface area contributed by atoms with Gasteiger partial charge in [-0.1, -0.05) is 54.6 Å². The van der Waals surface area contributed by atoms with E-state index in [1.807, 2.05) is 24.3 Å². The van der Waals surface area contributed by atoms with Gasteiger partial charge in [0.05, 0.1) is 11.3 Å². The first-order chi connectivity index (χ1) is 11.8. The molecule has 4 rings (SSSR count). The molecule has 3 aromatic rings. The number of nitriles is 1. The molecule has 0 radical (unpaired) electrons. The van der Waals surface area contributed by atoms with E-state index in [-0.39, 0.29) is 0 Å². The number of hydrogen-bond acceptors (Lipinski definition) is 3. The summed E-state index contributed by atoms with van der Waals surface area (Å²) in [5, 5.41) is 12.4. The largest absolute Gasteiger partial charge is 0.240 e. The molecule has 2 aromatic carbocycles. The van der Waals surface area contributed by atoms with Gasteiger partial charge in [-0.15, -0.1) is 11.3 Å². The van der Waals surface area contributed by atoms with Gasteiger partial charge in [0.25, 0.3) is 0 Å². The van der Waals surface area contributed by atoms with Crippen LogP contribution in [0.5, 0.6) is 0 Å². The number of hydrogen-bond donors (Lipinski definition) is 0. The molecule has 0 bridgehead atoms. The van der Waals surface area contributed by atoms with Crippen LogP contribution in [-0.2, 0) is 0 Å². The molecule has 2 nitrogen and oxygen atoms in total. The summed E-state index contributed by atoms with van der Waals surface area (Å²) in [6.45, 7) is 0. The van der Waals surface area contributed by atoms with Crippen LogP contribution < -0.4 is 0 Å². The van der Waals surface area contributed by atoms with Crippen LogP contribution in [0.25, 0.3) is 22.8 Å². The lowest BCUT2D eigenvalue weighted by Gasteiger charge is -2.02. The average molecular weight is 328 g/mol. The molecule has 1 heterocycles. The molecule has 3 heteroatoms. The smallest absolute Gasteiger partial charge is 0.134 e. The number of rotatable bonds is 4. The van der Waals surface area contributed by atoms with E-state index in [1.165, 1.54) is 24.0 Å². The second kappa shape index (κ2) is 6.43. The summed E-state index contributed by atoms with van der Waals surface area (Å²) in [7, 11) is 0. The minimum absolute atomic E-state index is 0.625. The summed E-state index contributed by atoms with van der Waals surface area (Å²) < 4.78 is 0. The van der Waals surface area contributed by atoms with E-state index >= 15 is 0 Å². The van der Waals surface area contributed by atoms with Crippen LogP contribution in [0.2, 0.25) is 0 Å². The number of thiazole rings is 1. The van der Waals surface area contributed by atoms with Crippen LogP contribution in [0.4, 0.5) is 0 Å². The first kappa shape index (κ1) is 14.9. The third-order valence-corrected chi connectivity index (χ3v) is 5.09. The lowest BCUT2D eigenvalue weighted by molar-refractivity contribution is 1.05. The lowest BCUT2D eigenvalue weighted by Crippen LogP contribution is -1.84.